The highest BCUT2D eigenvalue weighted by atomic mass is 19.1. The molecule has 0 aliphatic carbocycles. The van der Waals surface area contributed by atoms with Crippen molar-refractivity contribution in [3.63, 3.8) is 0 Å². The van der Waals surface area contributed by atoms with E-state index >= 15 is 0 Å². The normalized spacial score (nSPS) is 17.5. The Kier molecular flexibility index (Phi) is 5.21. The van der Waals surface area contributed by atoms with Gasteiger partial charge in [-0.3, -0.25) is 9.59 Å². The van der Waals surface area contributed by atoms with Crippen LogP contribution in [0.25, 0.3) is 0 Å². The van der Waals surface area contributed by atoms with Crippen molar-refractivity contribution in [3.8, 4) is 0 Å². The Morgan fingerprint density at radius 2 is 2.10 bits per heavy atom. The molecule has 5 nitrogen and oxygen atoms in total. The summed E-state index contributed by atoms with van der Waals surface area (Å²) in [6, 6.07) is 2.63. The van der Waals surface area contributed by atoms with Crippen molar-refractivity contribution in [2.45, 2.75) is 18.9 Å². The van der Waals surface area contributed by atoms with Crippen LogP contribution in [0.4, 0.5) is 8.78 Å². The number of rotatable bonds is 5. The standard InChI is InChI=1S/C14H16F2N2O3/c15-9-3-4-11(12(16)6-9)14(20)18-8-13(19)17-7-10-2-1-5-21-10/h3-4,6,10H,1-2,5,7-8H2,(H,17,19)(H,18,20). The van der Waals surface area contributed by atoms with Gasteiger partial charge >= 0.3 is 0 Å². The van der Waals surface area contributed by atoms with Gasteiger partial charge < -0.3 is 15.4 Å². The molecule has 2 rings (SSSR count). The van der Waals surface area contributed by atoms with Crippen molar-refractivity contribution in [3.05, 3.63) is 35.4 Å². The fourth-order valence-electron chi connectivity index (χ4n) is 2.02. The first-order valence-corrected chi connectivity index (χ1v) is 6.68. The number of hydrogen-bond donors (Lipinski definition) is 2. The summed E-state index contributed by atoms with van der Waals surface area (Å²) in [5.41, 5.74) is -0.302. The van der Waals surface area contributed by atoms with E-state index in [1.54, 1.807) is 0 Å². The molecule has 2 amide bonds. The number of ether oxygens (including phenoxy) is 1. The van der Waals surface area contributed by atoms with Crippen molar-refractivity contribution in [2.75, 3.05) is 19.7 Å². The molecule has 2 N–H and O–H groups in total. The summed E-state index contributed by atoms with van der Waals surface area (Å²) < 4.78 is 31.4. The molecule has 1 fully saturated rings. The van der Waals surface area contributed by atoms with Crippen LogP contribution in [0.2, 0.25) is 0 Å². The number of carbonyl (C=O) groups is 2. The third-order valence-electron chi connectivity index (χ3n) is 3.14. The van der Waals surface area contributed by atoms with Gasteiger partial charge in [0.2, 0.25) is 5.91 Å². The molecule has 1 atom stereocenters. The van der Waals surface area contributed by atoms with Gasteiger partial charge in [0.15, 0.2) is 0 Å². The molecule has 0 radical (unpaired) electrons. The number of benzene rings is 1. The summed E-state index contributed by atoms with van der Waals surface area (Å²) in [6.07, 6.45) is 1.88. The molecule has 21 heavy (non-hydrogen) atoms. The first-order chi connectivity index (χ1) is 10.1. The molecule has 0 aromatic heterocycles. The van der Waals surface area contributed by atoms with Crippen molar-refractivity contribution in [1.29, 1.82) is 0 Å². The summed E-state index contributed by atoms with van der Waals surface area (Å²) in [5, 5.41) is 4.90. The van der Waals surface area contributed by atoms with Crippen LogP contribution in [-0.2, 0) is 9.53 Å². The lowest BCUT2D eigenvalue weighted by atomic mass is 10.2. The van der Waals surface area contributed by atoms with E-state index in [0.29, 0.717) is 19.2 Å². The van der Waals surface area contributed by atoms with E-state index in [-0.39, 0.29) is 24.1 Å². The molecular weight excluding hydrogens is 282 g/mol. The second kappa shape index (κ2) is 7.12. The first-order valence-electron chi connectivity index (χ1n) is 6.68. The number of hydrogen-bond acceptors (Lipinski definition) is 3. The predicted molar refractivity (Wildman–Crippen MR) is 70.7 cm³/mol. The van der Waals surface area contributed by atoms with Crippen LogP contribution in [0.1, 0.15) is 23.2 Å². The van der Waals surface area contributed by atoms with Crippen molar-refractivity contribution in [1.82, 2.24) is 10.6 Å². The van der Waals surface area contributed by atoms with Gasteiger partial charge in [0.1, 0.15) is 11.6 Å². The Balaban J connectivity index is 1.76. The van der Waals surface area contributed by atoms with E-state index in [9.17, 15) is 18.4 Å². The Morgan fingerprint density at radius 3 is 2.76 bits per heavy atom. The first kappa shape index (κ1) is 15.4. The number of halogens is 2. The molecule has 1 unspecified atom stereocenters. The van der Waals surface area contributed by atoms with Crippen LogP contribution in [-0.4, -0.2) is 37.6 Å². The Hall–Kier alpha value is -2.02. The summed E-state index contributed by atoms with van der Waals surface area (Å²) in [5.74, 6) is -2.88. The van der Waals surface area contributed by atoms with Crippen LogP contribution in [0, 0.1) is 11.6 Å². The third kappa shape index (κ3) is 4.49. The number of nitrogens with one attached hydrogen (secondary N) is 2. The second-order valence-corrected chi connectivity index (χ2v) is 4.75. The fraction of sp³-hybridized carbons (Fsp3) is 0.429. The molecule has 0 spiro atoms. The van der Waals surface area contributed by atoms with Crippen molar-refractivity contribution < 1.29 is 23.1 Å². The van der Waals surface area contributed by atoms with Crippen molar-refractivity contribution >= 4 is 11.8 Å². The van der Waals surface area contributed by atoms with Crippen molar-refractivity contribution in [2.24, 2.45) is 0 Å². The molecule has 114 valence electrons. The van der Waals surface area contributed by atoms with Crippen LogP contribution in [0.3, 0.4) is 0 Å². The number of amides is 2. The third-order valence-corrected chi connectivity index (χ3v) is 3.14. The van der Waals surface area contributed by atoms with Gasteiger partial charge in [0, 0.05) is 19.2 Å². The molecule has 7 heteroatoms. The summed E-state index contributed by atoms with van der Waals surface area (Å²) in [4.78, 5) is 23.2. The predicted octanol–water partition coefficient (Wildman–Crippen LogP) is 0.990. The zero-order valence-electron chi connectivity index (χ0n) is 11.3. The summed E-state index contributed by atoms with van der Waals surface area (Å²) in [6.45, 7) is 0.809. The largest absolute Gasteiger partial charge is 0.376 e. The molecule has 1 aliphatic rings. The Labute approximate surface area is 120 Å². The fourth-order valence-corrected chi connectivity index (χ4v) is 2.02. The monoisotopic (exact) mass is 298 g/mol. The van der Waals surface area contributed by atoms with Crippen LogP contribution in [0.15, 0.2) is 18.2 Å². The van der Waals surface area contributed by atoms with Gasteiger partial charge in [-0.25, -0.2) is 8.78 Å². The minimum absolute atomic E-state index is 0.0131. The summed E-state index contributed by atoms with van der Waals surface area (Å²) >= 11 is 0. The van der Waals surface area contributed by atoms with E-state index in [2.05, 4.69) is 10.6 Å². The molecule has 1 saturated heterocycles. The molecule has 1 heterocycles. The Bertz CT molecular complexity index is 531. The molecule has 0 saturated carbocycles. The van der Waals surface area contributed by atoms with Crippen LogP contribution < -0.4 is 10.6 Å². The smallest absolute Gasteiger partial charge is 0.254 e. The van der Waals surface area contributed by atoms with Gasteiger partial charge in [-0.2, -0.15) is 0 Å². The van der Waals surface area contributed by atoms with Gasteiger partial charge in [-0.1, -0.05) is 0 Å². The molecular formula is C14H16F2N2O3. The molecule has 0 bridgehead atoms. The Morgan fingerprint density at radius 1 is 1.29 bits per heavy atom. The van der Waals surface area contributed by atoms with Gasteiger partial charge in [-0.15, -0.1) is 0 Å². The van der Waals surface area contributed by atoms with E-state index in [1.165, 1.54) is 0 Å². The van der Waals surface area contributed by atoms with Crippen LogP contribution in [0.5, 0.6) is 0 Å². The minimum atomic E-state index is -0.965. The second-order valence-electron chi connectivity index (χ2n) is 4.75. The lowest BCUT2D eigenvalue weighted by Gasteiger charge is -2.11. The zero-order chi connectivity index (χ0) is 15.2. The molecule has 1 aromatic rings. The zero-order valence-corrected chi connectivity index (χ0v) is 11.3. The maximum Gasteiger partial charge on any atom is 0.254 e. The highest BCUT2D eigenvalue weighted by Crippen LogP contribution is 2.10. The number of carbonyl (C=O) groups excluding carboxylic acids is 2. The van der Waals surface area contributed by atoms with E-state index in [0.717, 1.165) is 25.0 Å². The van der Waals surface area contributed by atoms with Gasteiger partial charge in [-0.05, 0) is 25.0 Å². The quantitative estimate of drug-likeness (QED) is 0.852. The van der Waals surface area contributed by atoms with Gasteiger partial charge in [0.25, 0.3) is 5.91 Å². The highest BCUT2D eigenvalue weighted by molar-refractivity contribution is 5.96. The molecule has 1 aromatic carbocycles. The maximum atomic E-state index is 13.4. The molecule has 1 aliphatic heterocycles. The topological polar surface area (TPSA) is 67.4 Å². The van der Waals surface area contributed by atoms with E-state index in [4.69, 9.17) is 4.74 Å². The van der Waals surface area contributed by atoms with E-state index < -0.39 is 17.5 Å². The minimum Gasteiger partial charge on any atom is -0.376 e. The maximum absolute atomic E-state index is 13.4. The average molecular weight is 298 g/mol. The van der Waals surface area contributed by atoms with Crippen LogP contribution >= 0.6 is 0 Å². The summed E-state index contributed by atoms with van der Waals surface area (Å²) in [7, 11) is 0. The van der Waals surface area contributed by atoms with Gasteiger partial charge in [0.05, 0.1) is 18.2 Å². The lowest BCUT2D eigenvalue weighted by Crippen LogP contribution is -2.40. The highest BCUT2D eigenvalue weighted by Gasteiger charge is 2.17. The van der Waals surface area contributed by atoms with E-state index in [1.807, 2.05) is 0 Å². The average Bonchev–Trinajstić information content (AvgIpc) is 2.95. The SMILES string of the molecule is O=C(CNC(=O)c1ccc(F)cc1F)NCC1CCCO1. The lowest BCUT2D eigenvalue weighted by molar-refractivity contribution is -0.120.